The lowest BCUT2D eigenvalue weighted by Crippen LogP contribution is -2.39. The molecule has 180 valence electrons. The maximum atomic E-state index is 12.5. The van der Waals surface area contributed by atoms with Crippen LogP contribution in [0.2, 0.25) is 0 Å². The first-order valence-electron chi connectivity index (χ1n) is 11.2. The topological polar surface area (TPSA) is 116 Å². The highest BCUT2D eigenvalue weighted by Gasteiger charge is 2.38. The molecule has 0 aliphatic carbocycles. The average molecular weight is 512 g/mol. The van der Waals surface area contributed by atoms with Crippen molar-refractivity contribution in [1.29, 1.82) is 0 Å². The van der Waals surface area contributed by atoms with Crippen LogP contribution in [-0.2, 0) is 38.3 Å². The third kappa shape index (κ3) is 6.36. The number of ketones is 1. The Hall–Kier alpha value is -1.47. The van der Waals surface area contributed by atoms with Crippen LogP contribution in [0.25, 0.3) is 0 Å². The predicted molar refractivity (Wildman–Crippen MR) is 129 cm³/mol. The molecule has 2 aromatic rings. The Labute approximate surface area is 205 Å². The van der Waals surface area contributed by atoms with E-state index in [0.717, 1.165) is 65.1 Å². The van der Waals surface area contributed by atoms with Gasteiger partial charge >= 0.3 is 0 Å². The van der Waals surface area contributed by atoms with Gasteiger partial charge in [0.1, 0.15) is 26.2 Å². The highest BCUT2D eigenvalue weighted by molar-refractivity contribution is 7.99. The van der Waals surface area contributed by atoms with Crippen LogP contribution in [0.4, 0.5) is 5.13 Å². The number of hydrogen-bond donors (Lipinski definition) is 1. The number of Topliss-reactive ketones (excluding diaryl/α,β-unsaturated/α-hetero) is 1. The fraction of sp³-hybridized carbons (Fsp3) is 0.714. The molecule has 2 atom stereocenters. The van der Waals surface area contributed by atoms with Crippen molar-refractivity contribution in [3.8, 4) is 0 Å². The van der Waals surface area contributed by atoms with E-state index in [1.165, 1.54) is 22.7 Å². The highest BCUT2D eigenvalue weighted by Crippen LogP contribution is 2.29. The fourth-order valence-corrected chi connectivity index (χ4v) is 6.51. The molecule has 33 heavy (non-hydrogen) atoms. The Morgan fingerprint density at radius 1 is 0.909 bits per heavy atom. The van der Waals surface area contributed by atoms with Gasteiger partial charge in [0.2, 0.25) is 5.13 Å². The van der Waals surface area contributed by atoms with E-state index in [-0.39, 0.29) is 11.7 Å². The van der Waals surface area contributed by atoms with Gasteiger partial charge in [0.15, 0.2) is 5.78 Å². The third-order valence-corrected chi connectivity index (χ3v) is 8.80. The number of ether oxygens (including phenoxy) is 2. The van der Waals surface area contributed by atoms with Crippen LogP contribution in [0.15, 0.2) is 0 Å². The third-order valence-electron chi connectivity index (χ3n) is 5.94. The Kier molecular flexibility index (Phi) is 8.11. The van der Waals surface area contributed by atoms with E-state index < -0.39 is 11.2 Å². The van der Waals surface area contributed by atoms with Gasteiger partial charge in [-0.2, -0.15) is 11.8 Å². The minimum atomic E-state index is -0.762. The molecular formula is C21H29N5O4S3. The molecule has 12 heteroatoms. The number of rotatable bonds is 11. The minimum Gasteiger partial charge on any atom is -0.367 e. The number of amides is 1. The van der Waals surface area contributed by atoms with E-state index in [2.05, 4.69) is 25.7 Å². The largest absolute Gasteiger partial charge is 0.367 e. The van der Waals surface area contributed by atoms with E-state index in [0.29, 0.717) is 24.8 Å². The Morgan fingerprint density at radius 3 is 2.18 bits per heavy atom. The molecular weight excluding hydrogens is 482 g/mol. The second kappa shape index (κ2) is 10.9. The van der Waals surface area contributed by atoms with Crippen molar-refractivity contribution in [2.24, 2.45) is 0 Å². The van der Waals surface area contributed by atoms with Crippen molar-refractivity contribution in [2.75, 3.05) is 30.0 Å². The van der Waals surface area contributed by atoms with Crippen LogP contribution in [0.5, 0.6) is 0 Å². The number of thioether (sulfide) groups is 1. The molecule has 0 spiro atoms. The molecule has 2 unspecified atom stereocenters. The van der Waals surface area contributed by atoms with Gasteiger partial charge in [-0.25, -0.2) is 0 Å². The van der Waals surface area contributed by atoms with E-state index in [9.17, 15) is 9.59 Å². The average Bonchev–Trinajstić information content (AvgIpc) is 3.58. The number of hydrogen-bond acceptors (Lipinski definition) is 11. The van der Waals surface area contributed by atoms with Crippen LogP contribution < -0.4 is 5.32 Å². The minimum absolute atomic E-state index is 0.0922. The van der Waals surface area contributed by atoms with Crippen LogP contribution in [0.3, 0.4) is 0 Å². The number of carbonyl (C=O) groups excluding carboxylic acids is 2. The monoisotopic (exact) mass is 511 g/mol. The van der Waals surface area contributed by atoms with E-state index in [1.807, 2.05) is 25.6 Å². The normalized spacial score (nSPS) is 24.9. The molecule has 4 rings (SSSR count). The summed E-state index contributed by atoms with van der Waals surface area (Å²) in [5.41, 5.74) is -1.42. The Bertz CT molecular complexity index is 891. The van der Waals surface area contributed by atoms with Gasteiger partial charge in [-0.05, 0) is 51.0 Å². The van der Waals surface area contributed by atoms with Crippen molar-refractivity contribution in [1.82, 2.24) is 20.4 Å². The quantitative estimate of drug-likeness (QED) is 0.454. The lowest BCUT2D eigenvalue weighted by atomic mass is 9.95. The number of aromatic nitrogens is 4. The maximum absolute atomic E-state index is 12.5. The summed E-state index contributed by atoms with van der Waals surface area (Å²) < 4.78 is 11.2. The second-order valence-corrected chi connectivity index (χ2v) is 12.1. The number of nitrogens with zero attached hydrogens (tertiary/aromatic N) is 4. The van der Waals surface area contributed by atoms with Crippen molar-refractivity contribution in [2.45, 2.75) is 70.0 Å². The molecule has 0 radical (unpaired) electrons. The van der Waals surface area contributed by atoms with Gasteiger partial charge in [-0.3, -0.25) is 14.9 Å². The molecule has 0 saturated carbocycles. The molecule has 2 aliphatic rings. The summed E-state index contributed by atoms with van der Waals surface area (Å²) in [5.74, 6) is 1.76. The summed E-state index contributed by atoms with van der Waals surface area (Å²) in [6, 6.07) is 0. The molecule has 0 bridgehead atoms. The number of carbonyl (C=O) groups is 2. The molecule has 2 fully saturated rings. The number of aryl methyl sites for hydroxylation is 2. The second-order valence-electron chi connectivity index (χ2n) is 8.62. The highest BCUT2D eigenvalue weighted by atomic mass is 32.2. The zero-order valence-electron chi connectivity index (χ0n) is 18.9. The van der Waals surface area contributed by atoms with Gasteiger partial charge in [0.05, 0.1) is 6.42 Å². The van der Waals surface area contributed by atoms with Gasteiger partial charge in [0, 0.05) is 26.1 Å². The molecule has 4 heterocycles. The van der Waals surface area contributed by atoms with Crippen LogP contribution >= 0.6 is 34.4 Å². The van der Waals surface area contributed by atoms with Crippen LogP contribution in [-0.4, -0.2) is 68.0 Å². The van der Waals surface area contributed by atoms with Gasteiger partial charge in [-0.1, -0.05) is 11.3 Å². The smallest absolute Gasteiger partial charge is 0.258 e. The molecule has 2 aliphatic heterocycles. The Morgan fingerprint density at radius 2 is 1.52 bits per heavy atom. The zero-order chi connectivity index (χ0) is 23.3. The van der Waals surface area contributed by atoms with Gasteiger partial charge < -0.3 is 9.47 Å². The first kappa shape index (κ1) is 24.6. The summed E-state index contributed by atoms with van der Waals surface area (Å²) >= 11 is 4.73. The van der Waals surface area contributed by atoms with Crippen molar-refractivity contribution in [3.63, 3.8) is 0 Å². The standard InChI is InChI=1S/C21H29N5O4S3/c1-20(7-3-9-29-20)14(27)13-17-25-23-15(32-17)5-11-31-12-6-16-24-26-19(33-16)22-18(28)21(2)8-4-10-30-21/h3-13H2,1-2H3,(H,22,26,28). The lowest BCUT2D eigenvalue weighted by molar-refractivity contribution is -0.136. The summed E-state index contributed by atoms with van der Waals surface area (Å²) in [6.45, 7) is 4.97. The lowest BCUT2D eigenvalue weighted by Gasteiger charge is -2.20. The Balaban J connectivity index is 1.14. The van der Waals surface area contributed by atoms with E-state index >= 15 is 0 Å². The molecule has 0 aromatic carbocycles. The fourth-order valence-electron chi connectivity index (χ4n) is 3.80. The summed E-state index contributed by atoms with van der Waals surface area (Å²) in [5, 5.41) is 22.6. The van der Waals surface area contributed by atoms with Gasteiger partial charge in [0.25, 0.3) is 5.91 Å². The van der Waals surface area contributed by atoms with E-state index in [1.54, 1.807) is 0 Å². The van der Waals surface area contributed by atoms with Crippen molar-refractivity contribution < 1.29 is 19.1 Å². The molecule has 1 N–H and O–H groups in total. The van der Waals surface area contributed by atoms with Crippen molar-refractivity contribution >= 4 is 51.3 Å². The van der Waals surface area contributed by atoms with Crippen molar-refractivity contribution in [3.05, 3.63) is 15.0 Å². The maximum Gasteiger partial charge on any atom is 0.258 e. The first-order chi connectivity index (χ1) is 15.9. The molecule has 2 aromatic heterocycles. The summed E-state index contributed by atoms with van der Waals surface area (Å²) in [7, 11) is 0. The van der Waals surface area contributed by atoms with E-state index in [4.69, 9.17) is 9.47 Å². The van der Waals surface area contributed by atoms with Crippen LogP contribution in [0.1, 0.15) is 54.6 Å². The number of nitrogens with one attached hydrogen (secondary N) is 1. The molecule has 9 nitrogen and oxygen atoms in total. The predicted octanol–water partition coefficient (Wildman–Crippen LogP) is 3.10. The summed E-state index contributed by atoms with van der Waals surface area (Å²) in [6.07, 6.45) is 5.24. The first-order valence-corrected chi connectivity index (χ1v) is 14.0. The van der Waals surface area contributed by atoms with Crippen LogP contribution in [0, 0.1) is 0 Å². The summed E-state index contributed by atoms with van der Waals surface area (Å²) in [4.78, 5) is 24.9. The molecule has 2 saturated heterocycles. The van der Waals surface area contributed by atoms with Gasteiger partial charge in [-0.15, -0.1) is 31.7 Å². The number of anilines is 1. The zero-order valence-corrected chi connectivity index (χ0v) is 21.4. The molecule has 1 amide bonds. The SMILES string of the molecule is CC1(C(=O)Cc2nnc(CCSCCc3nnc(NC(=O)C4(C)CCCO4)s3)s2)CCCO1.